The van der Waals surface area contributed by atoms with Gasteiger partial charge in [0.05, 0.1) is 0 Å². The topological polar surface area (TPSA) is 17.1 Å². The zero-order chi connectivity index (χ0) is 19.2. The van der Waals surface area contributed by atoms with Gasteiger partial charge in [0.15, 0.2) is 0 Å². The minimum atomic E-state index is -0.386. The van der Waals surface area contributed by atoms with E-state index in [-0.39, 0.29) is 5.41 Å². The lowest BCUT2D eigenvalue weighted by Gasteiger charge is -2.36. The maximum Gasteiger partial charge on any atom is 0.150 e. The van der Waals surface area contributed by atoms with Crippen molar-refractivity contribution in [3.8, 4) is 0 Å². The summed E-state index contributed by atoms with van der Waals surface area (Å²) in [6.07, 6.45) is 1.67. The molecular formula is C27H22O. The number of hydrogen-bond acceptors (Lipinski definition) is 1. The summed E-state index contributed by atoms with van der Waals surface area (Å²) in [5, 5.41) is 0. The Balaban J connectivity index is 2.02. The first kappa shape index (κ1) is 17.9. The zero-order valence-electron chi connectivity index (χ0n) is 15.7. The fourth-order valence-corrected chi connectivity index (χ4v) is 4.07. The van der Waals surface area contributed by atoms with Crippen molar-refractivity contribution in [2.75, 3.05) is 0 Å². The van der Waals surface area contributed by atoms with Gasteiger partial charge in [0.1, 0.15) is 6.29 Å². The van der Waals surface area contributed by atoms with Crippen molar-refractivity contribution in [2.24, 2.45) is 0 Å². The van der Waals surface area contributed by atoms with E-state index in [0.717, 1.165) is 17.4 Å². The molecule has 0 aliphatic heterocycles. The quantitative estimate of drug-likeness (QED) is 0.300. The van der Waals surface area contributed by atoms with Gasteiger partial charge in [-0.25, -0.2) is 0 Å². The monoisotopic (exact) mass is 362 g/mol. The molecule has 4 aromatic rings. The Morgan fingerprint density at radius 1 is 0.536 bits per heavy atom. The summed E-state index contributed by atoms with van der Waals surface area (Å²) in [7, 11) is 0. The van der Waals surface area contributed by atoms with Gasteiger partial charge in [-0.15, -0.1) is 0 Å². The molecular weight excluding hydrogens is 340 g/mol. The molecule has 0 bridgehead atoms. The van der Waals surface area contributed by atoms with Gasteiger partial charge in [0, 0.05) is 11.0 Å². The number of aldehydes is 1. The van der Waals surface area contributed by atoms with Crippen LogP contribution < -0.4 is 0 Å². The highest BCUT2D eigenvalue weighted by atomic mass is 16.1. The molecule has 0 saturated heterocycles. The fourth-order valence-electron chi connectivity index (χ4n) is 4.07. The van der Waals surface area contributed by atoms with Crippen LogP contribution >= 0.6 is 0 Å². The Morgan fingerprint density at radius 2 is 0.929 bits per heavy atom. The molecule has 0 saturated carbocycles. The van der Waals surface area contributed by atoms with E-state index < -0.39 is 0 Å². The molecule has 4 aromatic carbocycles. The molecule has 0 amide bonds. The Hall–Kier alpha value is -3.45. The summed E-state index contributed by atoms with van der Waals surface area (Å²) in [5.74, 6) is 0. The summed E-state index contributed by atoms with van der Waals surface area (Å²) in [5.41, 5.74) is 5.06. The first-order chi connectivity index (χ1) is 13.8. The molecule has 0 N–H and O–H groups in total. The highest BCUT2D eigenvalue weighted by Gasteiger charge is 2.36. The molecule has 4 rings (SSSR count). The maximum absolute atomic E-state index is 11.7. The van der Waals surface area contributed by atoms with E-state index in [0.29, 0.717) is 6.42 Å². The van der Waals surface area contributed by atoms with Gasteiger partial charge in [0.2, 0.25) is 0 Å². The molecule has 0 aromatic heterocycles. The summed E-state index contributed by atoms with van der Waals surface area (Å²) >= 11 is 0. The average molecular weight is 362 g/mol. The van der Waals surface area contributed by atoms with Gasteiger partial charge in [-0.1, -0.05) is 115 Å². The van der Waals surface area contributed by atoms with Gasteiger partial charge in [0.25, 0.3) is 0 Å². The van der Waals surface area contributed by atoms with Gasteiger partial charge in [-0.3, -0.25) is 4.79 Å². The number of rotatable bonds is 6. The van der Waals surface area contributed by atoms with Crippen molar-refractivity contribution in [3.63, 3.8) is 0 Å². The highest BCUT2D eigenvalue weighted by Crippen LogP contribution is 2.42. The molecule has 0 heterocycles. The third-order valence-corrected chi connectivity index (χ3v) is 5.44. The first-order valence-electron chi connectivity index (χ1n) is 9.54. The zero-order valence-corrected chi connectivity index (χ0v) is 15.7. The van der Waals surface area contributed by atoms with Gasteiger partial charge in [-0.05, 0) is 28.7 Å². The molecule has 28 heavy (non-hydrogen) atoms. The number of carbonyl (C=O) groups excluding carboxylic acids is 1. The van der Waals surface area contributed by atoms with Crippen LogP contribution in [0.2, 0.25) is 0 Å². The summed E-state index contributed by atoms with van der Waals surface area (Å²) in [6, 6.07) is 39.6. The van der Waals surface area contributed by atoms with E-state index in [4.69, 9.17) is 0 Å². The lowest BCUT2D eigenvalue weighted by Crippen LogP contribution is -2.32. The Kier molecular flexibility index (Phi) is 5.16. The molecule has 0 atom stereocenters. The molecule has 0 radical (unpaired) electrons. The van der Waals surface area contributed by atoms with Crippen LogP contribution in [0, 0.1) is 0 Å². The molecule has 0 aliphatic rings. The average Bonchev–Trinajstić information content (AvgIpc) is 2.79. The molecule has 0 unspecified atom stereocenters. The first-order valence-corrected chi connectivity index (χ1v) is 9.54. The minimum absolute atomic E-state index is 0.386. The van der Waals surface area contributed by atoms with Crippen LogP contribution in [0.25, 0.3) is 0 Å². The van der Waals surface area contributed by atoms with E-state index in [2.05, 4.69) is 78.9 Å². The maximum atomic E-state index is 11.7. The third-order valence-electron chi connectivity index (χ3n) is 5.44. The Bertz CT molecular complexity index is 940. The van der Waals surface area contributed by atoms with E-state index in [1.54, 1.807) is 0 Å². The SMILES string of the molecule is O=Cc1ccccc1CC(c1ccccc1)(c1ccccc1)c1ccccc1. The van der Waals surface area contributed by atoms with Crippen molar-refractivity contribution >= 4 is 6.29 Å². The number of benzene rings is 4. The number of hydrogen-bond donors (Lipinski definition) is 0. The van der Waals surface area contributed by atoms with Crippen LogP contribution in [0.4, 0.5) is 0 Å². The van der Waals surface area contributed by atoms with Crippen LogP contribution in [0.3, 0.4) is 0 Å². The molecule has 136 valence electrons. The van der Waals surface area contributed by atoms with Crippen LogP contribution in [-0.4, -0.2) is 6.29 Å². The van der Waals surface area contributed by atoms with Crippen molar-refractivity contribution in [1.29, 1.82) is 0 Å². The van der Waals surface area contributed by atoms with Crippen LogP contribution in [0.5, 0.6) is 0 Å². The summed E-state index contributed by atoms with van der Waals surface area (Å²) < 4.78 is 0. The molecule has 1 heteroatoms. The molecule has 1 nitrogen and oxygen atoms in total. The lowest BCUT2D eigenvalue weighted by molar-refractivity contribution is 0.112. The second-order valence-corrected chi connectivity index (χ2v) is 7.00. The molecule has 0 fully saturated rings. The van der Waals surface area contributed by atoms with Crippen molar-refractivity contribution in [2.45, 2.75) is 11.8 Å². The predicted molar refractivity (Wildman–Crippen MR) is 115 cm³/mol. The molecule has 0 aliphatic carbocycles. The van der Waals surface area contributed by atoms with Gasteiger partial charge >= 0.3 is 0 Å². The van der Waals surface area contributed by atoms with Crippen LogP contribution in [0.15, 0.2) is 115 Å². The lowest BCUT2D eigenvalue weighted by atomic mass is 9.65. The largest absolute Gasteiger partial charge is 0.298 e. The fraction of sp³-hybridized carbons (Fsp3) is 0.0741. The van der Waals surface area contributed by atoms with Gasteiger partial charge < -0.3 is 0 Å². The molecule has 0 spiro atoms. The van der Waals surface area contributed by atoms with E-state index in [9.17, 15) is 4.79 Å². The highest BCUT2D eigenvalue weighted by molar-refractivity contribution is 5.77. The summed E-state index contributed by atoms with van der Waals surface area (Å²) in [6.45, 7) is 0. The summed E-state index contributed by atoms with van der Waals surface area (Å²) in [4.78, 5) is 11.7. The smallest absolute Gasteiger partial charge is 0.150 e. The number of carbonyl (C=O) groups is 1. The van der Waals surface area contributed by atoms with Gasteiger partial charge in [-0.2, -0.15) is 0 Å². The van der Waals surface area contributed by atoms with E-state index in [1.807, 2.05) is 36.4 Å². The normalized spacial score (nSPS) is 11.1. The van der Waals surface area contributed by atoms with E-state index in [1.165, 1.54) is 16.7 Å². The Labute approximate surface area is 166 Å². The third kappa shape index (κ3) is 3.27. The second kappa shape index (κ2) is 8.06. The standard InChI is InChI=1S/C27H22O/c28-21-23-13-11-10-12-22(23)20-27(24-14-4-1-5-15-24,25-16-6-2-7-17-25)26-18-8-3-9-19-26/h1-19,21H,20H2. The van der Waals surface area contributed by atoms with Crippen LogP contribution in [0.1, 0.15) is 32.6 Å². The van der Waals surface area contributed by atoms with Crippen molar-refractivity contribution < 1.29 is 4.79 Å². The minimum Gasteiger partial charge on any atom is -0.298 e. The van der Waals surface area contributed by atoms with Crippen LogP contribution in [-0.2, 0) is 11.8 Å². The second-order valence-electron chi connectivity index (χ2n) is 7.00. The predicted octanol–water partition coefficient (Wildman–Crippen LogP) is 6.08. The van der Waals surface area contributed by atoms with E-state index >= 15 is 0 Å². The Morgan fingerprint density at radius 3 is 1.36 bits per heavy atom. The van der Waals surface area contributed by atoms with Crippen molar-refractivity contribution in [3.05, 3.63) is 143 Å². The van der Waals surface area contributed by atoms with Crippen molar-refractivity contribution in [1.82, 2.24) is 0 Å².